The van der Waals surface area contributed by atoms with Crippen LogP contribution in [0.25, 0.3) is 0 Å². The zero-order valence-corrected chi connectivity index (χ0v) is 13.3. The van der Waals surface area contributed by atoms with E-state index in [2.05, 4.69) is 24.1 Å². The van der Waals surface area contributed by atoms with Crippen LogP contribution in [0.15, 0.2) is 24.5 Å². The minimum Gasteiger partial charge on any atom is -0.338 e. The van der Waals surface area contributed by atoms with Gasteiger partial charge in [0.25, 0.3) is 0 Å². The number of hydrogen-bond acceptors (Lipinski definition) is 3. The predicted molar refractivity (Wildman–Crippen MR) is 84.8 cm³/mol. The van der Waals surface area contributed by atoms with E-state index in [1.54, 1.807) is 12.4 Å². The van der Waals surface area contributed by atoms with Crippen LogP contribution < -0.4 is 5.32 Å². The molecule has 2 rings (SSSR count). The molecule has 1 aliphatic heterocycles. The lowest BCUT2D eigenvalue weighted by molar-refractivity contribution is -0.144. The van der Waals surface area contributed by atoms with Gasteiger partial charge in [0, 0.05) is 32.0 Å². The van der Waals surface area contributed by atoms with Crippen molar-refractivity contribution in [2.45, 2.75) is 46.1 Å². The Labute approximate surface area is 127 Å². The summed E-state index contributed by atoms with van der Waals surface area (Å²) in [5.41, 5.74) is 0.950. The Morgan fingerprint density at radius 2 is 2.14 bits per heavy atom. The third kappa shape index (κ3) is 3.82. The molecule has 0 radical (unpaired) electrons. The number of nitrogens with zero attached hydrogens (tertiary/aromatic N) is 2. The standard InChI is InChI=1S/C17H27N3O/c1-3-8-17(9-5-10-19-14-17)16(21)20(4-2)13-15-6-11-18-12-7-15/h6-7,11-12,19H,3-5,8-10,13-14H2,1-2H3. The molecule has 1 aromatic heterocycles. The molecule has 0 spiro atoms. The first-order chi connectivity index (χ1) is 10.2. The number of nitrogens with one attached hydrogen (secondary N) is 1. The largest absolute Gasteiger partial charge is 0.338 e. The molecule has 21 heavy (non-hydrogen) atoms. The van der Waals surface area contributed by atoms with Gasteiger partial charge in [0.05, 0.1) is 5.41 Å². The summed E-state index contributed by atoms with van der Waals surface area (Å²) in [5, 5.41) is 3.43. The second-order valence-corrected chi connectivity index (χ2v) is 5.99. The van der Waals surface area contributed by atoms with Gasteiger partial charge in [0.15, 0.2) is 0 Å². The SMILES string of the molecule is CCCC1(C(=O)N(CC)Cc2ccncc2)CCCNC1. The fraction of sp³-hybridized carbons (Fsp3) is 0.647. The Kier molecular flexibility index (Phi) is 5.74. The molecule has 4 heteroatoms. The van der Waals surface area contributed by atoms with E-state index in [0.29, 0.717) is 12.5 Å². The van der Waals surface area contributed by atoms with Gasteiger partial charge >= 0.3 is 0 Å². The van der Waals surface area contributed by atoms with Crippen LogP contribution in [-0.4, -0.2) is 35.4 Å². The Morgan fingerprint density at radius 1 is 1.38 bits per heavy atom. The summed E-state index contributed by atoms with van der Waals surface area (Å²) >= 11 is 0. The van der Waals surface area contributed by atoms with Crippen LogP contribution in [0.2, 0.25) is 0 Å². The van der Waals surface area contributed by atoms with Gasteiger partial charge in [-0.05, 0) is 50.4 Å². The highest BCUT2D eigenvalue weighted by molar-refractivity contribution is 5.83. The summed E-state index contributed by atoms with van der Waals surface area (Å²) in [6, 6.07) is 3.98. The van der Waals surface area contributed by atoms with Crippen molar-refractivity contribution in [3.8, 4) is 0 Å². The maximum atomic E-state index is 13.1. The first-order valence-corrected chi connectivity index (χ1v) is 8.11. The molecule has 1 N–H and O–H groups in total. The van der Waals surface area contributed by atoms with Crippen molar-refractivity contribution in [2.24, 2.45) is 5.41 Å². The number of piperidine rings is 1. The molecule has 1 atom stereocenters. The normalized spacial score (nSPS) is 22.0. The fourth-order valence-corrected chi connectivity index (χ4v) is 3.32. The maximum absolute atomic E-state index is 13.1. The molecule has 1 amide bonds. The quantitative estimate of drug-likeness (QED) is 0.875. The molecule has 4 nitrogen and oxygen atoms in total. The summed E-state index contributed by atoms with van der Waals surface area (Å²) in [4.78, 5) is 19.2. The van der Waals surface area contributed by atoms with E-state index in [9.17, 15) is 4.79 Å². The lowest BCUT2D eigenvalue weighted by atomic mass is 9.75. The van der Waals surface area contributed by atoms with E-state index in [1.807, 2.05) is 17.0 Å². The zero-order valence-electron chi connectivity index (χ0n) is 13.3. The predicted octanol–water partition coefficient (Wildman–Crippen LogP) is 2.60. The summed E-state index contributed by atoms with van der Waals surface area (Å²) < 4.78 is 0. The van der Waals surface area contributed by atoms with Gasteiger partial charge in [-0.25, -0.2) is 0 Å². The molecule has 1 unspecified atom stereocenters. The lowest BCUT2D eigenvalue weighted by Crippen LogP contribution is -2.51. The fourth-order valence-electron chi connectivity index (χ4n) is 3.32. The van der Waals surface area contributed by atoms with E-state index in [-0.39, 0.29) is 5.41 Å². The van der Waals surface area contributed by atoms with Gasteiger partial charge in [0.2, 0.25) is 5.91 Å². The van der Waals surface area contributed by atoms with Crippen molar-refractivity contribution in [3.63, 3.8) is 0 Å². The second-order valence-electron chi connectivity index (χ2n) is 5.99. The van der Waals surface area contributed by atoms with E-state index < -0.39 is 0 Å². The van der Waals surface area contributed by atoms with Crippen molar-refractivity contribution >= 4 is 5.91 Å². The van der Waals surface area contributed by atoms with Crippen LogP contribution in [0.3, 0.4) is 0 Å². The van der Waals surface area contributed by atoms with Crippen LogP contribution in [0.1, 0.15) is 45.1 Å². The average Bonchev–Trinajstić information content (AvgIpc) is 2.54. The number of hydrogen-bond donors (Lipinski definition) is 1. The Hall–Kier alpha value is -1.42. The zero-order chi connectivity index (χ0) is 15.1. The molecule has 2 heterocycles. The van der Waals surface area contributed by atoms with Crippen LogP contribution in [-0.2, 0) is 11.3 Å². The lowest BCUT2D eigenvalue weighted by Gasteiger charge is -2.40. The highest BCUT2D eigenvalue weighted by Crippen LogP contribution is 2.34. The Morgan fingerprint density at radius 3 is 2.71 bits per heavy atom. The molecule has 0 saturated carbocycles. The number of pyridine rings is 1. The summed E-state index contributed by atoms with van der Waals surface area (Å²) in [6.07, 6.45) is 7.72. The van der Waals surface area contributed by atoms with Crippen LogP contribution in [0.5, 0.6) is 0 Å². The van der Waals surface area contributed by atoms with Gasteiger partial charge in [-0.3, -0.25) is 9.78 Å². The van der Waals surface area contributed by atoms with Crippen LogP contribution >= 0.6 is 0 Å². The molecule has 0 aromatic carbocycles. The smallest absolute Gasteiger partial charge is 0.230 e. The molecule has 1 aromatic rings. The molecular weight excluding hydrogens is 262 g/mol. The number of carbonyl (C=O) groups is 1. The average molecular weight is 289 g/mol. The van der Waals surface area contributed by atoms with Crippen molar-refractivity contribution in [1.29, 1.82) is 0 Å². The van der Waals surface area contributed by atoms with Gasteiger partial charge in [0.1, 0.15) is 0 Å². The first kappa shape index (κ1) is 16.0. The molecule has 1 fully saturated rings. The number of amides is 1. The molecule has 0 aliphatic carbocycles. The second kappa shape index (κ2) is 7.55. The van der Waals surface area contributed by atoms with Crippen molar-refractivity contribution in [2.75, 3.05) is 19.6 Å². The third-order valence-corrected chi connectivity index (χ3v) is 4.45. The van der Waals surface area contributed by atoms with Gasteiger partial charge in [-0.2, -0.15) is 0 Å². The first-order valence-electron chi connectivity index (χ1n) is 8.11. The Bertz CT molecular complexity index is 435. The van der Waals surface area contributed by atoms with Crippen molar-refractivity contribution < 1.29 is 4.79 Å². The topological polar surface area (TPSA) is 45.2 Å². The number of aromatic nitrogens is 1. The molecule has 1 aliphatic rings. The maximum Gasteiger partial charge on any atom is 0.230 e. The minimum atomic E-state index is -0.198. The van der Waals surface area contributed by atoms with E-state index >= 15 is 0 Å². The monoisotopic (exact) mass is 289 g/mol. The molecule has 116 valence electrons. The highest BCUT2D eigenvalue weighted by Gasteiger charge is 2.40. The van der Waals surface area contributed by atoms with Crippen molar-refractivity contribution in [3.05, 3.63) is 30.1 Å². The number of rotatable bonds is 6. The molecule has 0 bridgehead atoms. The van der Waals surface area contributed by atoms with Gasteiger partial charge in [-0.15, -0.1) is 0 Å². The van der Waals surface area contributed by atoms with E-state index in [0.717, 1.165) is 50.9 Å². The van der Waals surface area contributed by atoms with E-state index in [1.165, 1.54) is 0 Å². The van der Waals surface area contributed by atoms with E-state index in [4.69, 9.17) is 0 Å². The van der Waals surface area contributed by atoms with Crippen LogP contribution in [0, 0.1) is 5.41 Å². The Balaban J connectivity index is 2.13. The minimum absolute atomic E-state index is 0.198. The van der Waals surface area contributed by atoms with Gasteiger partial charge in [-0.1, -0.05) is 13.3 Å². The summed E-state index contributed by atoms with van der Waals surface area (Å²) in [6.45, 7) is 7.54. The van der Waals surface area contributed by atoms with Crippen molar-refractivity contribution in [1.82, 2.24) is 15.2 Å². The van der Waals surface area contributed by atoms with Crippen LogP contribution in [0.4, 0.5) is 0 Å². The van der Waals surface area contributed by atoms with Gasteiger partial charge < -0.3 is 10.2 Å². The molecular formula is C17H27N3O. The summed E-state index contributed by atoms with van der Waals surface area (Å²) in [5.74, 6) is 0.316. The molecule has 1 saturated heterocycles. The summed E-state index contributed by atoms with van der Waals surface area (Å²) in [7, 11) is 0. The number of carbonyl (C=O) groups excluding carboxylic acids is 1. The third-order valence-electron chi connectivity index (χ3n) is 4.45. The highest BCUT2D eigenvalue weighted by atomic mass is 16.2.